The Bertz CT molecular complexity index is 567. The van der Waals surface area contributed by atoms with E-state index in [2.05, 4.69) is 5.32 Å². The van der Waals surface area contributed by atoms with E-state index in [1.807, 2.05) is 0 Å². The molecule has 6 heteroatoms. The van der Waals surface area contributed by atoms with Gasteiger partial charge in [0.05, 0.1) is 11.5 Å². The lowest BCUT2D eigenvalue weighted by molar-refractivity contribution is -0.140. The first-order valence-corrected chi connectivity index (χ1v) is 7.31. The molecule has 6 nitrogen and oxygen atoms in total. The van der Waals surface area contributed by atoms with Gasteiger partial charge in [0.25, 0.3) is 0 Å². The summed E-state index contributed by atoms with van der Waals surface area (Å²) in [6.07, 6.45) is -0.741. The van der Waals surface area contributed by atoms with Crippen molar-refractivity contribution in [2.24, 2.45) is 0 Å². The van der Waals surface area contributed by atoms with Gasteiger partial charge in [-0.3, -0.25) is 9.59 Å². The van der Waals surface area contributed by atoms with Gasteiger partial charge in [-0.2, -0.15) is 0 Å². The minimum Gasteiger partial charge on any atom is -0.481 e. The number of benzene rings is 1. The molecule has 1 aliphatic rings. The third-order valence-electron chi connectivity index (χ3n) is 4.12. The zero-order chi connectivity index (χ0) is 16.3. The highest BCUT2D eigenvalue weighted by molar-refractivity contribution is 5.84. The number of hydrogen-bond acceptors (Lipinski definition) is 4. The number of aliphatic hydroxyl groups excluding tert-OH is 2. The monoisotopic (exact) mass is 307 g/mol. The number of carboxylic acid groups (broad SMARTS) is 1. The minimum atomic E-state index is -1.11. The van der Waals surface area contributed by atoms with Crippen molar-refractivity contribution in [2.45, 2.75) is 43.8 Å². The number of hydrogen-bond donors (Lipinski definition) is 4. The predicted molar refractivity (Wildman–Crippen MR) is 79.3 cm³/mol. The van der Waals surface area contributed by atoms with Gasteiger partial charge in [0, 0.05) is 13.5 Å². The molecule has 22 heavy (non-hydrogen) atoms. The van der Waals surface area contributed by atoms with Crippen LogP contribution in [0.15, 0.2) is 24.3 Å². The first-order valence-electron chi connectivity index (χ1n) is 7.31. The Kier molecular flexibility index (Phi) is 4.83. The Morgan fingerprint density at radius 3 is 2.55 bits per heavy atom. The van der Waals surface area contributed by atoms with Gasteiger partial charge >= 0.3 is 5.97 Å². The van der Waals surface area contributed by atoms with Crippen LogP contribution in [0.25, 0.3) is 0 Å². The molecule has 2 unspecified atom stereocenters. The maximum Gasteiger partial charge on any atom is 0.314 e. The summed E-state index contributed by atoms with van der Waals surface area (Å²) in [5.74, 6) is -1.05. The van der Waals surface area contributed by atoms with Crippen molar-refractivity contribution in [1.29, 1.82) is 0 Å². The molecule has 0 aromatic heterocycles. The number of amides is 1. The molecule has 1 aromatic carbocycles. The van der Waals surface area contributed by atoms with Crippen molar-refractivity contribution in [1.82, 2.24) is 5.32 Å². The number of aliphatic hydroxyl groups is 2. The molecule has 0 bridgehead atoms. The van der Waals surface area contributed by atoms with Crippen LogP contribution in [0.1, 0.15) is 43.4 Å². The largest absolute Gasteiger partial charge is 0.481 e. The van der Waals surface area contributed by atoms with E-state index in [9.17, 15) is 24.9 Å². The summed E-state index contributed by atoms with van der Waals surface area (Å²) in [5, 5.41) is 32.0. The SMILES string of the molecule is CC(=O)NCCC(O)C(O)c1cccc(C2(C(=O)O)CC2)c1. The van der Waals surface area contributed by atoms with Crippen LogP contribution in [0.4, 0.5) is 0 Å². The molecule has 0 aliphatic heterocycles. The molecule has 2 rings (SSSR count). The Balaban J connectivity index is 2.06. The van der Waals surface area contributed by atoms with Crippen LogP contribution in [0.5, 0.6) is 0 Å². The van der Waals surface area contributed by atoms with Crippen molar-refractivity contribution in [3.8, 4) is 0 Å². The molecule has 2 atom stereocenters. The minimum absolute atomic E-state index is 0.194. The number of aliphatic carboxylic acids is 1. The number of carbonyl (C=O) groups is 2. The van der Waals surface area contributed by atoms with Gasteiger partial charge in [0.1, 0.15) is 6.10 Å². The van der Waals surface area contributed by atoms with Crippen LogP contribution >= 0.6 is 0 Å². The summed E-state index contributed by atoms with van der Waals surface area (Å²) in [7, 11) is 0. The summed E-state index contributed by atoms with van der Waals surface area (Å²) < 4.78 is 0. The van der Waals surface area contributed by atoms with E-state index in [1.54, 1.807) is 24.3 Å². The average Bonchev–Trinajstić information content (AvgIpc) is 3.28. The number of carboxylic acids is 1. The first-order chi connectivity index (χ1) is 10.4. The zero-order valence-corrected chi connectivity index (χ0v) is 12.5. The molecular formula is C16H21NO5. The highest BCUT2D eigenvalue weighted by atomic mass is 16.4. The lowest BCUT2D eigenvalue weighted by Crippen LogP contribution is -2.28. The molecular weight excluding hydrogens is 286 g/mol. The normalized spacial score (nSPS) is 18.3. The van der Waals surface area contributed by atoms with Gasteiger partial charge in [-0.05, 0) is 30.4 Å². The van der Waals surface area contributed by atoms with Gasteiger partial charge < -0.3 is 20.6 Å². The van der Waals surface area contributed by atoms with Crippen LogP contribution in [-0.2, 0) is 15.0 Å². The highest BCUT2D eigenvalue weighted by Crippen LogP contribution is 2.48. The van der Waals surface area contributed by atoms with E-state index in [0.29, 0.717) is 24.0 Å². The Morgan fingerprint density at radius 1 is 1.32 bits per heavy atom. The Labute approximate surface area is 128 Å². The van der Waals surface area contributed by atoms with Gasteiger partial charge in [-0.15, -0.1) is 0 Å². The summed E-state index contributed by atoms with van der Waals surface area (Å²) in [4.78, 5) is 22.1. The molecule has 1 aliphatic carbocycles. The zero-order valence-electron chi connectivity index (χ0n) is 12.5. The molecule has 0 heterocycles. The molecule has 1 saturated carbocycles. The Morgan fingerprint density at radius 2 is 2.00 bits per heavy atom. The van der Waals surface area contributed by atoms with Crippen LogP contribution in [0.2, 0.25) is 0 Å². The average molecular weight is 307 g/mol. The van der Waals surface area contributed by atoms with Gasteiger partial charge in [0.15, 0.2) is 0 Å². The van der Waals surface area contributed by atoms with Gasteiger partial charge in [-0.25, -0.2) is 0 Å². The summed E-state index contributed by atoms with van der Waals surface area (Å²) in [6, 6.07) is 6.74. The number of carbonyl (C=O) groups excluding carboxylic acids is 1. The highest BCUT2D eigenvalue weighted by Gasteiger charge is 2.51. The van der Waals surface area contributed by atoms with Gasteiger partial charge in [-0.1, -0.05) is 24.3 Å². The van der Waals surface area contributed by atoms with E-state index < -0.39 is 23.6 Å². The van der Waals surface area contributed by atoms with E-state index in [-0.39, 0.29) is 18.9 Å². The number of rotatable bonds is 7. The lowest BCUT2D eigenvalue weighted by atomic mass is 9.92. The second-order valence-electron chi connectivity index (χ2n) is 5.80. The third-order valence-corrected chi connectivity index (χ3v) is 4.12. The summed E-state index contributed by atoms with van der Waals surface area (Å²) in [6.45, 7) is 1.65. The second kappa shape index (κ2) is 6.46. The second-order valence-corrected chi connectivity index (χ2v) is 5.80. The molecule has 0 spiro atoms. The van der Waals surface area contributed by atoms with Crippen molar-refractivity contribution < 1.29 is 24.9 Å². The van der Waals surface area contributed by atoms with Crippen molar-refractivity contribution >= 4 is 11.9 Å². The van der Waals surface area contributed by atoms with Crippen LogP contribution in [0.3, 0.4) is 0 Å². The third kappa shape index (κ3) is 3.45. The van der Waals surface area contributed by atoms with E-state index in [1.165, 1.54) is 6.92 Å². The molecule has 0 radical (unpaired) electrons. The smallest absolute Gasteiger partial charge is 0.314 e. The Hall–Kier alpha value is -1.92. The van der Waals surface area contributed by atoms with Crippen LogP contribution < -0.4 is 5.32 Å². The fourth-order valence-corrected chi connectivity index (χ4v) is 2.55. The molecule has 1 amide bonds. The standard InChI is InChI=1S/C16H21NO5/c1-10(18)17-8-5-13(19)14(20)11-3-2-4-12(9-11)16(6-7-16)15(21)22/h2-4,9,13-14,19-20H,5-8H2,1H3,(H,17,18)(H,21,22). The van der Waals surface area contributed by atoms with Crippen molar-refractivity contribution in [2.75, 3.05) is 6.54 Å². The molecule has 1 aromatic rings. The maximum atomic E-state index is 11.4. The quantitative estimate of drug-likeness (QED) is 0.594. The predicted octanol–water partition coefficient (Wildman–Crippen LogP) is 0.723. The number of nitrogens with one attached hydrogen (secondary N) is 1. The van der Waals surface area contributed by atoms with E-state index in [0.717, 1.165) is 0 Å². The maximum absolute atomic E-state index is 11.4. The molecule has 1 fully saturated rings. The van der Waals surface area contributed by atoms with Gasteiger partial charge in [0.2, 0.25) is 5.91 Å². The fourth-order valence-electron chi connectivity index (χ4n) is 2.55. The first kappa shape index (κ1) is 16.5. The van der Waals surface area contributed by atoms with E-state index in [4.69, 9.17) is 0 Å². The fraction of sp³-hybridized carbons (Fsp3) is 0.500. The topological polar surface area (TPSA) is 107 Å². The lowest BCUT2D eigenvalue weighted by Gasteiger charge is -2.20. The molecule has 4 N–H and O–H groups in total. The van der Waals surface area contributed by atoms with Crippen molar-refractivity contribution in [3.63, 3.8) is 0 Å². The molecule has 120 valence electrons. The summed E-state index contributed by atoms with van der Waals surface area (Å²) in [5.41, 5.74) is 0.308. The van der Waals surface area contributed by atoms with Crippen LogP contribution in [-0.4, -0.2) is 39.8 Å². The molecule has 0 saturated heterocycles. The summed E-state index contributed by atoms with van der Waals surface area (Å²) >= 11 is 0. The van der Waals surface area contributed by atoms with Crippen molar-refractivity contribution in [3.05, 3.63) is 35.4 Å². The van der Waals surface area contributed by atoms with Crippen LogP contribution in [0, 0.1) is 0 Å². The van der Waals surface area contributed by atoms with E-state index >= 15 is 0 Å².